The van der Waals surface area contributed by atoms with Crippen LogP contribution in [0.15, 0.2) is 76.7 Å². The number of hydrogen-bond donors (Lipinski definition) is 0. The zero-order valence-corrected chi connectivity index (χ0v) is 18.9. The molecule has 0 radical (unpaired) electrons. The summed E-state index contributed by atoms with van der Waals surface area (Å²) < 4.78 is 8.99. The number of aryl methyl sites for hydroxylation is 2. The van der Waals surface area contributed by atoms with Gasteiger partial charge in [-0.1, -0.05) is 48.2 Å². The lowest BCUT2D eigenvalue weighted by Crippen LogP contribution is -2.22. The Labute approximate surface area is 189 Å². The summed E-state index contributed by atoms with van der Waals surface area (Å²) in [5.74, 6) is 2.04. The van der Waals surface area contributed by atoms with E-state index in [-0.39, 0.29) is 5.56 Å². The first-order valence-electron chi connectivity index (χ1n) is 10.3. The molecule has 0 amide bonds. The van der Waals surface area contributed by atoms with Crippen molar-refractivity contribution in [2.75, 3.05) is 7.11 Å². The molecule has 2 aromatic heterocycles. The normalized spacial score (nSPS) is 11.3. The summed E-state index contributed by atoms with van der Waals surface area (Å²) in [5.41, 5.74) is 4.73. The van der Waals surface area contributed by atoms with Gasteiger partial charge < -0.3 is 4.74 Å². The molecule has 32 heavy (non-hydrogen) atoms. The zero-order chi connectivity index (χ0) is 22.2. The van der Waals surface area contributed by atoms with Crippen molar-refractivity contribution in [3.05, 3.63) is 93.8 Å². The number of nitrogens with zero attached hydrogens (tertiary/aromatic N) is 4. The maximum Gasteiger partial charge on any atom is 0.267 e. The van der Waals surface area contributed by atoms with Gasteiger partial charge in [0.25, 0.3) is 5.56 Å². The third kappa shape index (κ3) is 3.44. The minimum absolute atomic E-state index is 0.0986. The molecular formula is C25H22N4O2S. The largest absolute Gasteiger partial charge is 0.497 e. The lowest BCUT2D eigenvalue weighted by molar-refractivity contribution is 0.414. The molecule has 5 rings (SSSR count). The van der Waals surface area contributed by atoms with E-state index in [0.29, 0.717) is 16.9 Å². The third-order valence-corrected chi connectivity index (χ3v) is 6.50. The highest BCUT2D eigenvalue weighted by Gasteiger charge is 2.19. The van der Waals surface area contributed by atoms with Gasteiger partial charge >= 0.3 is 0 Å². The molecule has 0 aliphatic carbocycles. The van der Waals surface area contributed by atoms with Crippen molar-refractivity contribution in [2.24, 2.45) is 0 Å². The van der Waals surface area contributed by atoms with Gasteiger partial charge in [0, 0.05) is 5.75 Å². The fourth-order valence-corrected chi connectivity index (χ4v) is 4.74. The van der Waals surface area contributed by atoms with Crippen LogP contribution in [-0.2, 0) is 5.75 Å². The minimum atomic E-state index is -0.0986. The van der Waals surface area contributed by atoms with Gasteiger partial charge in [0.15, 0.2) is 5.16 Å². The molecule has 0 N–H and O–H groups in total. The molecule has 6 nitrogen and oxygen atoms in total. The second-order valence-electron chi connectivity index (χ2n) is 7.71. The van der Waals surface area contributed by atoms with Gasteiger partial charge in [-0.3, -0.25) is 9.20 Å². The Kier molecular flexibility index (Phi) is 5.19. The summed E-state index contributed by atoms with van der Waals surface area (Å²) in [7, 11) is 1.66. The molecule has 0 aliphatic heterocycles. The second-order valence-corrected chi connectivity index (χ2v) is 8.65. The van der Waals surface area contributed by atoms with E-state index in [1.165, 1.54) is 0 Å². The quantitative estimate of drug-likeness (QED) is 0.360. The van der Waals surface area contributed by atoms with Crippen LogP contribution in [-0.4, -0.2) is 26.3 Å². The van der Waals surface area contributed by atoms with E-state index >= 15 is 0 Å². The topological polar surface area (TPSA) is 61.4 Å². The number of fused-ring (bicyclic) bond motifs is 3. The molecule has 0 saturated carbocycles. The first-order chi connectivity index (χ1) is 15.6. The van der Waals surface area contributed by atoms with Gasteiger partial charge in [-0.2, -0.15) is 0 Å². The number of hydrogen-bond acceptors (Lipinski definition) is 5. The first kappa shape index (κ1) is 20.3. The number of rotatable bonds is 5. The molecule has 3 aromatic carbocycles. The van der Waals surface area contributed by atoms with Crippen molar-refractivity contribution in [3.63, 3.8) is 0 Å². The van der Waals surface area contributed by atoms with Gasteiger partial charge in [0.1, 0.15) is 5.75 Å². The van der Waals surface area contributed by atoms with E-state index in [9.17, 15) is 4.79 Å². The Hall–Kier alpha value is -3.58. The SMILES string of the molecule is COc1cccc(CSc2nnc3n(-c4cc(C)ccc4C)c(=O)c4ccccc4n23)c1. The molecule has 0 atom stereocenters. The number of ether oxygens (including phenoxy) is 1. The summed E-state index contributed by atoms with van der Waals surface area (Å²) in [4.78, 5) is 13.5. The molecule has 0 saturated heterocycles. The van der Waals surface area contributed by atoms with Gasteiger partial charge in [0.2, 0.25) is 5.78 Å². The van der Waals surface area contributed by atoms with Crippen LogP contribution >= 0.6 is 11.8 Å². The van der Waals surface area contributed by atoms with Crippen LogP contribution in [0.4, 0.5) is 0 Å². The highest BCUT2D eigenvalue weighted by Crippen LogP contribution is 2.27. The Bertz CT molecular complexity index is 1520. The van der Waals surface area contributed by atoms with Gasteiger partial charge in [-0.05, 0) is 60.9 Å². The Morgan fingerprint density at radius 1 is 0.969 bits per heavy atom. The van der Waals surface area contributed by atoms with Crippen molar-refractivity contribution < 1.29 is 4.74 Å². The van der Waals surface area contributed by atoms with Crippen LogP contribution in [0.3, 0.4) is 0 Å². The Morgan fingerprint density at radius 2 is 1.81 bits per heavy atom. The number of para-hydroxylation sites is 1. The smallest absolute Gasteiger partial charge is 0.267 e. The van der Waals surface area contributed by atoms with E-state index in [1.807, 2.05) is 78.9 Å². The first-order valence-corrected chi connectivity index (χ1v) is 11.3. The zero-order valence-electron chi connectivity index (χ0n) is 18.1. The molecule has 7 heteroatoms. The molecule has 0 spiro atoms. The maximum absolute atomic E-state index is 13.5. The van der Waals surface area contributed by atoms with Crippen LogP contribution in [0.1, 0.15) is 16.7 Å². The van der Waals surface area contributed by atoms with Crippen LogP contribution < -0.4 is 10.3 Å². The van der Waals surface area contributed by atoms with Crippen molar-refractivity contribution >= 4 is 28.4 Å². The summed E-state index contributed by atoms with van der Waals surface area (Å²) in [5, 5.41) is 10.3. The number of aromatic nitrogens is 4. The van der Waals surface area contributed by atoms with Crippen molar-refractivity contribution in [2.45, 2.75) is 24.8 Å². The minimum Gasteiger partial charge on any atom is -0.497 e. The van der Waals surface area contributed by atoms with Crippen molar-refractivity contribution in [1.29, 1.82) is 0 Å². The molecule has 5 aromatic rings. The van der Waals surface area contributed by atoms with E-state index in [2.05, 4.69) is 16.3 Å². The maximum atomic E-state index is 13.5. The van der Waals surface area contributed by atoms with Crippen LogP contribution in [0.2, 0.25) is 0 Å². The molecule has 0 aliphatic rings. The van der Waals surface area contributed by atoms with E-state index in [0.717, 1.165) is 38.8 Å². The van der Waals surface area contributed by atoms with Crippen molar-refractivity contribution in [3.8, 4) is 11.4 Å². The summed E-state index contributed by atoms with van der Waals surface area (Å²) >= 11 is 1.58. The average Bonchev–Trinajstić information content (AvgIpc) is 3.24. The second kappa shape index (κ2) is 8.16. The number of thioether (sulfide) groups is 1. The summed E-state index contributed by atoms with van der Waals surface area (Å²) in [6.45, 7) is 4.02. The number of benzene rings is 3. The molecular weight excluding hydrogens is 420 g/mol. The highest BCUT2D eigenvalue weighted by molar-refractivity contribution is 7.98. The molecule has 0 bridgehead atoms. The monoisotopic (exact) mass is 442 g/mol. The standard InChI is InChI=1S/C25H22N4O2S/c1-16-11-12-17(2)22(13-16)28-23(30)20-9-4-5-10-21(20)29-24(28)26-27-25(29)32-15-18-7-6-8-19(14-18)31-3/h4-14H,15H2,1-3H3. The Balaban J connectivity index is 1.71. The van der Waals surface area contributed by atoms with E-state index < -0.39 is 0 Å². The summed E-state index contributed by atoms with van der Waals surface area (Å²) in [6.07, 6.45) is 0. The Morgan fingerprint density at radius 3 is 2.66 bits per heavy atom. The van der Waals surface area contributed by atoms with Gasteiger partial charge in [-0.15, -0.1) is 10.2 Å². The lowest BCUT2D eigenvalue weighted by atomic mass is 10.1. The lowest BCUT2D eigenvalue weighted by Gasteiger charge is -2.14. The van der Waals surface area contributed by atoms with Crippen LogP contribution in [0.25, 0.3) is 22.4 Å². The van der Waals surface area contributed by atoms with Crippen LogP contribution in [0.5, 0.6) is 5.75 Å². The fourth-order valence-electron chi connectivity index (χ4n) is 3.86. The fraction of sp³-hybridized carbons (Fsp3) is 0.160. The van der Waals surface area contributed by atoms with Gasteiger partial charge in [-0.25, -0.2) is 4.57 Å². The van der Waals surface area contributed by atoms with E-state index in [1.54, 1.807) is 23.4 Å². The van der Waals surface area contributed by atoms with E-state index in [4.69, 9.17) is 4.74 Å². The highest BCUT2D eigenvalue weighted by atomic mass is 32.2. The average molecular weight is 443 g/mol. The number of methoxy groups -OCH3 is 1. The third-order valence-electron chi connectivity index (χ3n) is 5.50. The molecule has 0 unspecified atom stereocenters. The van der Waals surface area contributed by atoms with Gasteiger partial charge in [0.05, 0.1) is 23.7 Å². The summed E-state index contributed by atoms with van der Waals surface area (Å²) in [6, 6.07) is 21.7. The predicted octanol–water partition coefficient (Wildman–Crippen LogP) is 4.95. The van der Waals surface area contributed by atoms with Crippen molar-refractivity contribution in [1.82, 2.24) is 19.2 Å². The predicted molar refractivity (Wildman–Crippen MR) is 128 cm³/mol. The molecule has 0 fully saturated rings. The van der Waals surface area contributed by atoms with Crippen LogP contribution in [0, 0.1) is 13.8 Å². The molecule has 160 valence electrons. The molecule has 2 heterocycles.